The van der Waals surface area contributed by atoms with Crippen molar-refractivity contribution in [1.82, 2.24) is 4.90 Å². The summed E-state index contributed by atoms with van der Waals surface area (Å²) in [6.45, 7) is 1.35. The first-order valence-electron chi connectivity index (χ1n) is 6.09. The molecule has 0 aliphatic heterocycles. The number of likely N-dealkylation sites (N-methyl/N-ethyl adjacent to an activating group) is 1. The summed E-state index contributed by atoms with van der Waals surface area (Å²) in [5.41, 5.74) is 6.98. The van der Waals surface area contributed by atoms with Crippen molar-refractivity contribution in [3.05, 3.63) is 54.6 Å². The predicted molar refractivity (Wildman–Crippen MR) is 91.7 cm³/mol. The number of nitrogens with zero attached hydrogens (tertiary/aromatic N) is 1. The second-order valence-corrected chi connectivity index (χ2v) is 7.38. The van der Waals surface area contributed by atoms with E-state index in [0.29, 0.717) is 16.6 Å². The smallest absolute Gasteiger partial charge is 0.0472 e. The molecule has 0 aliphatic carbocycles. The van der Waals surface area contributed by atoms with Crippen LogP contribution < -0.4 is 5.73 Å². The van der Waals surface area contributed by atoms with Gasteiger partial charge in [-0.3, -0.25) is 4.90 Å². The van der Waals surface area contributed by atoms with E-state index in [4.69, 9.17) is 28.9 Å². The lowest BCUT2D eigenvalue weighted by Gasteiger charge is -2.27. The number of nitrogens with two attached hydrogens (primary N) is 1. The molecule has 0 bridgehead atoms. The van der Waals surface area contributed by atoms with Gasteiger partial charge in [0.25, 0.3) is 0 Å². The van der Waals surface area contributed by atoms with E-state index in [0.717, 1.165) is 16.6 Å². The highest BCUT2D eigenvalue weighted by atomic mass is 79.9. The van der Waals surface area contributed by atoms with Gasteiger partial charge in [-0.15, -0.1) is 11.3 Å². The maximum Gasteiger partial charge on any atom is 0.0472 e. The molecule has 2 nitrogen and oxygen atoms in total. The van der Waals surface area contributed by atoms with E-state index in [9.17, 15) is 0 Å². The van der Waals surface area contributed by atoms with Gasteiger partial charge in [0.15, 0.2) is 0 Å². The van der Waals surface area contributed by atoms with Crippen LogP contribution in [0.2, 0.25) is 10.0 Å². The van der Waals surface area contributed by atoms with Crippen LogP contribution in [0.5, 0.6) is 0 Å². The first-order valence-corrected chi connectivity index (χ1v) is 8.51. The molecule has 0 fully saturated rings. The first kappa shape index (κ1) is 16.3. The van der Waals surface area contributed by atoms with Crippen LogP contribution in [0.4, 0.5) is 0 Å². The molecule has 0 saturated heterocycles. The highest BCUT2D eigenvalue weighted by Crippen LogP contribution is 2.28. The monoisotopic (exact) mass is 392 g/mol. The quantitative estimate of drug-likeness (QED) is 0.778. The van der Waals surface area contributed by atoms with Crippen LogP contribution >= 0.6 is 50.5 Å². The van der Waals surface area contributed by atoms with Crippen molar-refractivity contribution in [1.29, 1.82) is 0 Å². The number of benzene rings is 1. The Balaban J connectivity index is 2.18. The summed E-state index contributed by atoms with van der Waals surface area (Å²) < 4.78 is 1.11. The zero-order valence-corrected chi connectivity index (χ0v) is 14.9. The molecule has 2 rings (SSSR count). The predicted octanol–water partition coefficient (Wildman–Crippen LogP) is 4.95. The number of rotatable bonds is 5. The Hall–Kier alpha value is -0.100. The van der Waals surface area contributed by atoms with Crippen LogP contribution in [0.25, 0.3) is 0 Å². The molecular weight excluding hydrogens is 379 g/mol. The summed E-state index contributed by atoms with van der Waals surface area (Å²) >= 11 is 17.3. The molecule has 0 radical (unpaired) electrons. The molecule has 1 atom stereocenters. The van der Waals surface area contributed by atoms with Crippen molar-refractivity contribution in [2.75, 3.05) is 13.6 Å². The zero-order chi connectivity index (χ0) is 14.7. The third kappa shape index (κ3) is 4.20. The average Bonchev–Trinajstić information content (AvgIpc) is 2.74. The van der Waals surface area contributed by atoms with Crippen molar-refractivity contribution in [3.63, 3.8) is 0 Å². The molecule has 0 spiro atoms. The van der Waals surface area contributed by atoms with Gasteiger partial charge in [0.2, 0.25) is 0 Å². The van der Waals surface area contributed by atoms with Gasteiger partial charge in [-0.2, -0.15) is 0 Å². The van der Waals surface area contributed by atoms with Crippen molar-refractivity contribution in [2.45, 2.75) is 12.6 Å². The summed E-state index contributed by atoms with van der Waals surface area (Å²) in [4.78, 5) is 3.49. The number of hydrogen-bond donors (Lipinski definition) is 1. The highest BCUT2D eigenvalue weighted by molar-refractivity contribution is 9.10. The molecule has 1 unspecified atom stereocenters. The fraction of sp³-hybridized carbons (Fsp3) is 0.286. The van der Waals surface area contributed by atoms with Gasteiger partial charge in [-0.25, -0.2) is 0 Å². The van der Waals surface area contributed by atoms with Crippen LogP contribution in [-0.4, -0.2) is 18.5 Å². The van der Waals surface area contributed by atoms with Crippen molar-refractivity contribution in [2.24, 2.45) is 5.73 Å². The minimum atomic E-state index is 0.0899. The van der Waals surface area contributed by atoms with Crippen LogP contribution in [0.15, 0.2) is 34.1 Å². The van der Waals surface area contributed by atoms with Crippen LogP contribution in [-0.2, 0) is 6.54 Å². The molecule has 1 heterocycles. The van der Waals surface area contributed by atoms with E-state index in [-0.39, 0.29) is 6.04 Å². The fourth-order valence-corrected chi connectivity index (χ4v) is 4.19. The Morgan fingerprint density at radius 3 is 2.40 bits per heavy atom. The third-order valence-electron chi connectivity index (χ3n) is 3.05. The Morgan fingerprint density at radius 2 is 1.90 bits per heavy atom. The van der Waals surface area contributed by atoms with Crippen LogP contribution in [0.1, 0.15) is 16.5 Å². The maximum atomic E-state index is 6.07. The molecule has 0 saturated carbocycles. The van der Waals surface area contributed by atoms with Crippen molar-refractivity contribution < 1.29 is 0 Å². The van der Waals surface area contributed by atoms with E-state index < -0.39 is 0 Å². The molecule has 0 amide bonds. The normalized spacial score (nSPS) is 12.9. The Morgan fingerprint density at radius 1 is 1.25 bits per heavy atom. The molecule has 2 N–H and O–H groups in total. The minimum absolute atomic E-state index is 0.0899. The summed E-state index contributed by atoms with van der Waals surface area (Å²) in [5.74, 6) is 0. The third-order valence-corrected chi connectivity index (χ3v) is 5.17. The molecule has 1 aromatic carbocycles. The van der Waals surface area contributed by atoms with E-state index in [1.165, 1.54) is 4.88 Å². The zero-order valence-electron chi connectivity index (χ0n) is 10.9. The highest BCUT2D eigenvalue weighted by Gasteiger charge is 2.17. The fourth-order valence-electron chi connectivity index (χ4n) is 2.13. The second-order valence-electron chi connectivity index (χ2n) is 4.60. The largest absolute Gasteiger partial charge is 0.329 e. The minimum Gasteiger partial charge on any atom is -0.329 e. The summed E-state index contributed by atoms with van der Waals surface area (Å²) in [6, 6.07) is 7.79. The summed E-state index contributed by atoms with van der Waals surface area (Å²) in [6.07, 6.45) is 0. The van der Waals surface area contributed by atoms with E-state index in [1.807, 2.05) is 12.1 Å². The first-order chi connectivity index (χ1) is 9.49. The molecule has 6 heteroatoms. The Kier molecular flexibility index (Phi) is 5.90. The van der Waals surface area contributed by atoms with Gasteiger partial charge < -0.3 is 5.73 Å². The van der Waals surface area contributed by atoms with Crippen LogP contribution in [0, 0.1) is 0 Å². The Bertz CT molecular complexity index is 568. The lowest BCUT2D eigenvalue weighted by molar-refractivity contribution is 0.244. The van der Waals surface area contributed by atoms with Gasteiger partial charge in [0.05, 0.1) is 0 Å². The Labute approximate surface area is 141 Å². The van der Waals surface area contributed by atoms with Gasteiger partial charge >= 0.3 is 0 Å². The topological polar surface area (TPSA) is 29.3 Å². The molecule has 20 heavy (non-hydrogen) atoms. The number of halogens is 3. The van der Waals surface area contributed by atoms with Crippen LogP contribution in [0.3, 0.4) is 0 Å². The molecule has 2 aromatic rings. The molecule has 1 aromatic heterocycles. The number of thiophene rings is 1. The standard InChI is InChI=1S/C14H15BrCl2N2S/c1-19(7-13-4-10(15)8-20-13)14(6-18)9-2-11(16)5-12(17)3-9/h2-5,8,14H,6-7,18H2,1H3. The lowest BCUT2D eigenvalue weighted by Crippen LogP contribution is -2.29. The SMILES string of the molecule is CN(Cc1cc(Br)cs1)C(CN)c1cc(Cl)cc(Cl)c1. The van der Waals surface area contributed by atoms with Crippen molar-refractivity contribution in [3.8, 4) is 0 Å². The lowest BCUT2D eigenvalue weighted by atomic mass is 10.1. The van der Waals surface area contributed by atoms with E-state index in [1.54, 1.807) is 17.4 Å². The maximum absolute atomic E-state index is 6.07. The molecule has 0 aliphatic rings. The van der Waals surface area contributed by atoms with Gasteiger partial charge in [-0.05, 0) is 52.8 Å². The van der Waals surface area contributed by atoms with Gasteiger partial charge in [0, 0.05) is 43.9 Å². The summed E-state index contributed by atoms with van der Waals surface area (Å²) in [5, 5.41) is 3.35. The number of hydrogen-bond acceptors (Lipinski definition) is 3. The molecule has 108 valence electrons. The van der Waals surface area contributed by atoms with Crippen molar-refractivity contribution >= 4 is 50.5 Å². The van der Waals surface area contributed by atoms with E-state index in [2.05, 4.69) is 39.3 Å². The summed E-state index contributed by atoms with van der Waals surface area (Å²) in [7, 11) is 2.06. The van der Waals surface area contributed by atoms with Gasteiger partial charge in [-0.1, -0.05) is 23.2 Å². The molecular formula is C14H15BrCl2N2S. The van der Waals surface area contributed by atoms with Gasteiger partial charge in [0.1, 0.15) is 0 Å². The van der Waals surface area contributed by atoms with E-state index >= 15 is 0 Å². The average molecular weight is 394 g/mol. The second kappa shape index (κ2) is 7.25.